The van der Waals surface area contributed by atoms with Gasteiger partial charge in [0, 0.05) is 53.6 Å². The maximum atomic E-state index is 12.6. The van der Waals surface area contributed by atoms with E-state index in [2.05, 4.69) is 26.8 Å². The molecule has 10 heteroatoms. The highest BCUT2D eigenvalue weighted by atomic mass is 16.2. The third kappa shape index (κ3) is 4.83. The predicted molar refractivity (Wildman–Crippen MR) is 143 cm³/mol. The number of para-hydroxylation sites is 1. The Labute approximate surface area is 213 Å². The van der Waals surface area contributed by atoms with E-state index in [1.807, 2.05) is 60.7 Å². The van der Waals surface area contributed by atoms with E-state index in [-0.39, 0.29) is 12.5 Å². The van der Waals surface area contributed by atoms with Crippen LogP contribution in [0.25, 0.3) is 22.5 Å². The third-order valence-electron chi connectivity index (χ3n) is 6.28. The Kier molecular flexibility index (Phi) is 6.26. The summed E-state index contributed by atoms with van der Waals surface area (Å²) in [5, 5.41) is 28.0. The first-order valence-corrected chi connectivity index (χ1v) is 11.7. The van der Waals surface area contributed by atoms with Crippen LogP contribution in [0.4, 0.5) is 16.2 Å². The van der Waals surface area contributed by atoms with Gasteiger partial charge in [-0.05, 0) is 30.3 Å². The first kappa shape index (κ1) is 23.6. The Morgan fingerprint density at radius 3 is 2.70 bits per heavy atom. The molecular formula is C27H25N9O. The van der Waals surface area contributed by atoms with Crippen molar-refractivity contribution in [3.63, 3.8) is 0 Å². The van der Waals surface area contributed by atoms with Crippen LogP contribution in [0, 0.1) is 16.7 Å². The minimum absolute atomic E-state index is 0.213. The van der Waals surface area contributed by atoms with Gasteiger partial charge in [-0.1, -0.05) is 30.3 Å². The van der Waals surface area contributed by atoms with Gasteiger partial charge in [0.25, 0.3) is 0 Å². The zero-order valence-electron chi connectivity index (χ0n) is 19.9. The number of urea groups is 1. The van der Waals surface area contributed by atoms with Crippen LogP contribution in [0.5, 0.6) is 0 Å². The summed E-state index contributed by atoms with van der Waals surface area (Å²) in [6.45, 7) is 0.726. The van der Waals surface area contributed by atoms with Crippen molar-refractivity contribution in [2.75, 3.05) is 24.1 Å². The third-order valence-corrected chi connectivity index (χ3v) is 6.28. The smallest absolute Gasteiger partial charge is 0.322 e. The molecule has 184 valence electrons. The number of carbonyl (C=O) groups excluding carboxylic acids is 1. The van der Waals surface area contributed by atoms with Gasteiger partial charge >= 0.3 is 6.03 Å². The number of hydrogen-bond acceptors (Lipinski definition) is 7. The molecule has 2 amide bonds. The van der Waals surface area contributed by atoms with Crippen molar-refractivity contribution >= 4 is 34.8 Å². The molecule has 0 radical (unpaired) electrons. The fourth-order valence-corrected chi connectivity index (χ4v) is 4.33. The highest BCUT2D eigenvalue weighted by Crippen LogP contribution is 2.27. The van der Waals surface area contributed by atoms with E-state index >= 15 is 0 Å². The highest BCUT2D eigenvalue weighted by Gasteiger charge is 2.44. The van der Waals surface area contributed by atoms with Crippen molar-refractivity contribution in [1.29, 1.82) is 10.7 Å². The lowest BCUT2D eigenvalue weighted by Gasteiger charge is -2.49. The number of amides is 2. The number of rotatable bonds is 7. The number of benzene rings is 2. The van der Waals surface area contributed by atoms with Crippen molar-refractivity contribution in [2.45, 2.75) is 12.0 Å². The maximum absolute atomic E-state index is 12.6. The molecular weight excluding hydrogens is 466 g/mol. The average Bonchev–Trinajstić information content (AvgIpc) is 3.31. The molecule has 0 spiro atoms. The Hall–Kier alpha value is -5.17. The lowest BCUT2D eigenvalue weighted by atomic mass is 9.87. The lowest BCUT2D eigenvalue weighted by Crippen LogP contribution is -2.69. The van der Waals surface area contributed by atoms with Crippen molar-refractivity contribution in [3.8, 4) is 17.3 Å². The van der Waals surface area contributed by atoms with Gasteiger partial charge in [0.05, 0.1) is 36.1 Å². The molecule has 1 saturated heterocycles. The molecule has 5 N–H and O–H groups in total. The van der Waals surface area contributed by atoms with Crippen LogP contribution in [0.2, 0.25) is 0 Å². The molecule has 0 saturated carbocycles. The van der Waals surface area contributed by atoms with Crippen molar-refractivity contribution < 1.29 is 4.79 Å². The summed E-state index contributed by atoms with van der Waals surface area (Å²) in [7, 11) is 0. The number of imidazole rings is 1. The highest BCUT2D eigenvalue weighted by molar-refractivity contribution is 6.08. The van der Waals surface area contributed by atoms with Crippen LogP contribution in [0.1, 0.15) is 12.0 Å². The van der Waals surface area contributed by atoms with E-state index in [1.165, 1.54) is 6.21 Å². The first-order valence-electron chi connectivity index (χ1n) is 11.7. The van der Waals surface area contributed by atoms with Crippen LogP contribution in [-0.2, 0) is 0 Å². The molecule has 1 aliphatic heterocycles. The van der Waals surface area contributed by atoms with E-state index in [4.69, 9.17) is 11.1 Å². The molecule has 0 unspecified atom stereocenters. The summed E-state index contributed by atoms with van der Waals surface area (Å²) < 4.78 is 1.72. The van der Waals surface area contributed by atoms with Gasteiger partial charge in [0.1, 0.15) is 0 Å². The summed E-state index contributed by atoms with van der Waals surface area (Å²) >= 11 is 0. The van der Waals surface area contributed by atoms with Crippen molar-refractivity contribution in [3.05, 3.63) is 84.8 Å². The molecule has 1 fully saturated rings. The number of nitriles is 1. The van der Waals surface area contributed by atoms with Crippen molar-refractivity contribution in [1.82, 2.24) is 24.8 Å². The second-order valence-corrected chi connectivity index (χ2v) is 8.94. The molecule has 4 aromatic rings. The monoisotopic (exact) mass is 491 g/mol. The number of nitrogen functional groups attached to an aromatic ring is 1. The second-order valence-electron chi connectivity index (χ2n) is 8.94. The molecule has 0 aliphatic carbocycles. The van der Waals surface area contributed by atoms with Crippen LogP contribution in [-0.4, -0.2) is 50.4 Å². The zero-order chi connectivity index (χ0) is 25.8. The first-order chi connectivity index (χ1) is 18.0. The van der Waals surface area contributed by atoms with Gasteiger partial charge < -0.3 is 26.7 Å². The number of carbonyl (C=O) groups is 1. The van der Waals surface area contributed by atoms with Gasteiger partial charge in [0.2, 0.25) is 0 Å². The Balaban J connectivity index is 1.31. The Morgan fingerprint density at radius 1 is 1.16 bits per heavy atom. The number of likely N-dealkylation sites (tertiary alicyclic amines) is 1. The standard InChI is InChI=1S/C27H25N9O/c28-10-9-27(17-35(18-27)26(37)34-23-7-2-1-3-8-23)32-14-21(13-29)20-12-25-31-16-24(36(25)33-15-20)19-5-4-6-22(30)11-19/h1-8,11-16,29,32H,9,17-18,30H2,(H,34,37)/b21-14+,29-13?. The molecule has 5 rings (SSSR count). The second kappa shape index (κ2) is 9.83. The SMILES string of the molecule is N#CCC1(N/C=C(\C=N)c2cnn3c(-c4cccc(N)c4)cnc3c2)CN(C(=O)Nc2ccccc2)C1. The topological polar surface area (TPSA) is 148 Å². The zero-order valence-corrected chi connectivity index (χ0v) is 19.9. The number of allylic oxidation sites excluding steroid dienone is 1. The van der Waals surface area contributed by atoms with Crippen LogP contribution in [0.3, 0.4) is 0 Å². The fourth-order valence-electron chi connectivity index (χ4n) is 4.33. The average molecular weight is 492 g/mol. The van der Waals surface area contributed by atoms with Crippen LogP contribution in [0.15, 0.2) is 79.3 Å². The minimum Gasteiger partial charge on any atom is -0.399 e. The van der Waals surface area contributed by atoms with E-state index in [1.54, 1.807) is 28.0 Å². The molecule has 0 atom stereocenters. The minimum atomic E-state index is -0.595. The van der Waals surface area contributed by atoms with Gasteiger partial charge in [0.15, 0.2) is 5.65 Å². The molecule has 3 heterocycles. The van der Waals surface area contributed by atoms with Crippen LogP contribution < -0.4 is 16.4 Å². The molecule has 0 bridgehead atoms. The normalized spacial score (nSPS) is 14.5. The number of aromatic nitrogens is 3. The Morgan fingerprint density at radius 2 is 1.97 bits per heavy atom. The van der Waals surface area contributed by atoms with Gasteiger partial charge in [-0.25, -0.2) is 14.3 Å². The van der Waals surface area contributed by atoms with Crippen molar-refractivity contribution in [2.24, 2.45) is 0 Å². The maximum Gasteiger partial charge on any atom is 0.322 e. The number of hydrogen-bond donors (Lipinski definition) is 4. The van der Waals surface area contributed by atoms with E-state index in [0.717, 1.165) is 11.3 Å². The quantitative estimate of drug-likeness (QED) is 0.228. The lowest BCUT2D eigenvalue weighted by molar-refractivity contribution is 0.0893. The molecule has 1 aliphatic rings. The number of nitrogens with two attached hydrogens (primary N) is 1. The van der Waals surface area contributed by atoms with Crippen LogP contribution >= 0.6 is 0 Å². The van der Waals surface area contributed by atoms with E-state index < -0.39 is 5.54 Å². The van der Waals surface area contributed by atoms with Gasteiger partial charge in [-0.3, -0.25) is 0 Å². The van der Waals surface area contributed by atoms with E-state index in [9.17, 15) is 10.1 Å². The molecule has 2 aromatic heterocycles. The largest absolute Gasteiger partial charge is 0.399 e. The molecule has 10 nitrogen and oxygen atoms in total. The van der Waals surface area contributed by atoms with Gasteiger partial charge in [-0.2, -0.15) is 10.4 Å². The fraction of sp³-hybridized carbons (Fsp3) is 0.148. The van der Waals surface area contributed by atoms with E-state index in [0.29, 0.717) is 41.2 Å². The molecule has 2 aromatic carbocycles. The van der Waals surface area contributed by atoms with Gasteiger partial charge in [-0.15, -0.1) is 0 Å². The number of anilines is 2. The number of fused-ring (bicyclic) bond motifs is 1. The number of nitrogens with zero attached hydrogens (tertiary/aromatic N) is 5. The summed E-state index contributed by atoms with van der Waals surface area (Å²) in [6.07, 6.45) is 6.54. The number of nitrogens with one attached hydrogen (secondary N) is 3. The summed E-state index contributed by atoms with van der Waals surface area (Å²) in [5.41, 5.74) is 10.3. The summed E-state index contributed by atoms with van der Waals surface area (Å²) in [6, 6.07) is 20.6. The summed E-state index contributed by atoms with van der Waals surface area (Å²) in [4.78, 5) is 18.7. The predicted octanol–water partition coefficient (Wildman–Crippen LogP) is 3.76. The summed E-state index contributed by atoms with van der Waals surface area (Å²) in [5.74, 6) is 0. The Bertz CT molecular complexity index is 1530. The molecule has 37 heavy (non-hydrogen) atoms.